The van der Waals surface area contributed by atoms with Gasteiger partial charge in [0.1, 0.15) is 18.7 Å². The zero-order chi connectivity index (χ0) is 19.4. The average molecular weight is 392 g/mol. The van der Waals surface area contributed by atoms with E-state index in [2.05, 4.69) is 15.5 Å². The second-order valence-corrected chi connectivity index (χ2v) is 6.78. The lowest BCUT2D eigenvalue weighted by Gasteiger charge is -2.36. The summed E-state index contributed by atoms with van der Waals surface area (Å²) >= 11 is 0. The number of halogens is 3. The molecule has 1 aliphatic carbocycles. The van der Waals surface area contributed by atoms with Crippen LogP contribution in [0, 0.1) is 5.92 Å². The molecule has 0 bridgehead atoms. The van der Waals surface area contributed by atoms with Gasteiger partial charge in [-0.3, -0.25) is 0 Å². The van der Waals surface area contributed by atoms with Crippen molar-refractivity contribution in [2.24, 2.45) is 5.92 Å². The highest BCUT2D eigenvalue weighted by molar-refractivity contribution is 5.75. The minimum Gasteiger partial charge on any atom is -0.377 e. The van der Waals surface area contributed by atoms with Gasteiger partial charge in [0, 0.05) is 13.7 Å². The summed E-state index contributed by atoms with van der Waals surface area (Å²) in [5.74, 6) is -0.189. The van der Waals surface area contributed by atoms with Crippen LogP contribution in [-0.4, -0.2) is 60.2 Å². The molecule has 1 aromatic heterocycles. The van der Waals surface area contributed by atoms with Gasteiger partial charge in [-0.2, -0.15) is 18.2 Å². The molecule has 8 nitrogen and oxygen atoms in total. The van der Waals surface area contributed by atoms with E-state index in [-0.39, 0.29) is 38.1 Å². The maximum absolute atomic E-state index is 13.5. The van der Waals surface area contributed by atoms with Crippen LogP contribution in [0.1, 0.15) is 43.4 Å². The smallest absolute Gasteiger partial charge is 0.377 e. The van der Waals surface area contributed by atoms with Crippen LogP contribution in [0.4, 0.5) is 18.0 Å². The van der Waals surface area contributed by atoms with E-state index < -0.39 is 30.2 Å². The van der Waals surface area contributed by atoms with Crippen molar-refractivity contribution in [3.63, 3.8) is 0 Å². The molecule has 1 saturated carbocycles. The molecule has 11 heteroatoms. The van der Waals surface area contributed by atoms with Gasteiger partial charge in [-0.25, -0.2) is 4.79 Å². The molecule has 152 valence electrons. The number of hydrogen-bond donors (Lipinski definition) is 1. The Balaban J connectivity index is 1.73. The van der Waals surface area contributed by atoms with Crippen molar-refractivity contribution in [3.8, 4) is 0 Å². The number of nitrogens with one attached hydrogen (secondary N) is 1. The first-order valence-corrected chi connectivity index (χ1v) is 8.93. The normalized spacial score (nSPS) is 22.8. The van der Waals surface area contributed by atoms with Crippen LogP contribution >= 0.6 is 0 Å². The van der Waals surface area contributed by atoms with Crippen LogP contribution in [0.5, 0.6) is 0 Å². The van der Waals surface area contributed by atoms with Gasteiger partial charge in [0.25, 0.3) is 5.89 Å². The number of rotatable bonds is 5. The quantitative estimate of drug-likeness (QED) is 0.828. The van der Waals surface area contributed by atoms with Crippen LogP contribution in [-0.2, 0) is 16.1 Å². The first-order valence-electron chi connectivity index (χ1n) is 8.93. The maximum atomic E-state index is 13.5. The van der Waals surface area contributed by atoms with Crippen molar-refractivity contribution < 1.29 is 32.0 Å². The van der Waals surface area contributed by atoms with E-state index in [0.29, 0.717) is 12.8 Å². The lowest BCUT2D eigenvalue weighted by Crippen LogP contribution is -2.56. The summed E-state index contributed by atoms with van der Waals surface area (Å²) in [6.45, 7) is 0.552. The number of hydrogen-bond acceptors (Lipinski definition) is 6. The van der Waals surface area contributed by atoms with E-state index in [1.165, 1.54) is 12.0 Å². The van der Waals surface area contributed by atoms with Gasteiger partial charge in [0.2, 0.25) is 0 Å². The SMILES string of the molecule is COCc1nc(C2COCCN2C(=O)NC(C2CCCC2)C(F)(F)F)no1. The second-order valence-electron chi connectivity index (χ2n) is 6.78. The molecule has 0 spiro atoms. The van der Waals surface area contributed by atoms with Crippen molar-refractivity contribution in [2.75, 3.05) is 26.9 Å². The molecule has 2 amide bonds. The number of urea groups is 1. The summed E-state index contributed by atoms with van der Waals surface area (Å²) in [5, 5.41) is 6.00. The van der Waals surface area contributed by atoms with Gasteiger partial charge in [-0.15, -0.1) is 0 Å². The number of amides is 2. The van der Waals surface area contributed by atoms with Crippen molar-refractivity contribution in [1.29, 1.82) is 0 Å². The molecular formula is C16H23F3N4O4. The number of ether oxygens (including phenoxy) is 2. The third-order valence-electron chi connectivity index (χ3n) is 4.94. The highest BCUT2D eigenvalue weighted by Gasteiger charge is 2.47. The highest BCUT2D eigenvalue weighted by atomic mass is 19.4. The number of aromatic nitrogens is 2. The summed E-state index contributed by atoms with van der Waals surface area (Å²) < 4.78 is 55.8. The second kappa shape index (κ2) is 8.42. The molecule has 2 heterocycles. The zero-order valence-corrected chi connectivity index (χ0v) is 15.0. The Kier molecular flexibility index (Phi) is 6.20. The molecule has 3 rings (SSSR count). The average Bonchev–Trinajstić information content (AvgIpc) is 3.31. The molecule has 1 aromatic rings. The van der Waals surface area contributed by atoms with E-state index in [4.69, 9.17) is 14.0 Å². The molecule has 1 saturated heterocycles. The standard InChI is InChI=1S/C16H23F3N4O4/c1-25-9-12-20-14(22-27-12)11-8-26-7-6-23(11)15(24)21-13(16(17,18)19)10-4-2-3-5-10/h10-11,13H,2-9H2,1H3,(H,21,24). The molecule has 2 atom stereocenters. The zero-order valence-electron chi connectivity index (χ0n) is 15.0. The maximum Gasteiger partial charge on any atom is 0.408 e. The predicted octanol–water partition coefficient (Wildman–Crippen LogP) is 2.42. The van der Waals surface area contributed by atoms with Crippen LogP contribution in [0.25, 0.3) is 0 Å². The van der Waals surface area contributed by atoms with Crippen LogP contribution < -0.4 is 5.32 Å². The topological polar surface area (TPSA) is 89.7 Å². The Morgan fingerprint density at radius 3 is 2.81 bits per heavy atom. The minimum atomic E-state index is -4.50. The number of methoxy groups -OCH3 is 1. The summed E-state index contributed by atoms with van der Waals surface area (Å²) in [6.07, 6.45) is -2.08. The molecule has 0 radical (unpaired) electrons. The highest BCUT2D eigenvalue weighted by Crippen LogP contribution is 2.36. The fourth-order valence-corrected chi connectivity index (χ4v) is 3.62. The van der Waals surface area contributed by atoms with E-state index in [1.54, 1.807) is 0 Å². The van der Waals surface area contributed by atoms with Crippen molar-refractivity contribution >= 4 is 6.03 Å². The van der Waals surface area contributed by atoms with E-state index >= 15 is 0 Å². The molecule has 1 aliphatic heterocycles. The number of nitrogens with zero attached hydrogens (tertiary/aromatic N) is 3. The Hall–Kier alpha value is -1.88. The van der Waals surface area contributed by atoms with Crippen LogP contribution in [0.15, 0.2) is 4.52 Å². The first kappa shape index (κ1) is 19.9. The lowest BCUT2D eigenvalue weighted by molar-refractivity contribution is -0.165. The monoisotopic (exact) mass is 392 g/mol. The number of carbonyl (C=O) groups excluding carboxylic acids is 1. The van der Waals surface area contributed by atoms with Gasteiger partial charge in [-0.05, 0) is 18.8 Å². The van der Waals surface area contributed by atoms with Crippen LogP contribution in [0.2, 0.25) is 0 Å². The largest absolute Gasteiger partial charge is 0.408 e. The Morgan fingerprint density at radius 2 is 2.15 bits per heavy atom. The van der Waals surface area contributed by atoms with Gasteiger partial charge in [0.15, 0.2) is 5.82 Å². The minimum absolute atomic E-state index is 0.0828. The van der Waals surface area contributed by atoms with Gasteiger partial charge >= 0.3 is 12.2 Å². The molecule has 2 fully saturated rings. The van der Waals surface area contributed by atoms with Crippen molar-refractivity contribution in [3.05, 3.63) is 11.7 Å². The molecule has 2 unspecified atom stereocenters. The van der Waals surface area contributed by atoms with Gasteiger partial charge in [0.05, 0.1) is 13.2 Å². The third kappa shape index (κ3) is 4.70. The number of alkyl halides is 3. The van der Waals surface area contributed by atoms with Crippen molar-refractivity contribution in [1.82, 2.24) is 20.4 Å². The molecule has 2 aliphatic rings. The summed E-state index contributed by atoms with van der Waals surface area (Å²) in [7, 11) is 1.47. The summed E-state index contributed by atoms with van der Waals surface area (Å²) in [6, 6.07) is -3.37. The third-order valence-corrected chi connectivity index (χ3v) is 4.94. The first-order chi connectivity index (χ1) is 12.9. The summed E-state index contributed by atoms with van der Waals surface area (Å²) in [4.78, 5) is 18.1. The Morgan fingerprint density at radius 1 is 1.41 bits per heavy atom. The van der Waals surface area contributed by atoms with E-state index in [0.717, 1.165) is 12.8 Å². The molecule has 27 heavy (non-hydrogen) atoms. The van der Waals surface area contributed by atoms with Gasteiger partial charge in [-0.1, -0.05) is 18.0 Å². The number of morpholine rings is 1. The van der Waals surface area contributed by atoms with E-state index in [9.17, 15) is 18.0 Å². The number of carbonyl (C=O) groups is 1. The predicted molar refractivity (Wildman–Crippen MR) is 85.6 cm³/mol. The summed E-state index contributed by atoms with van der Waals surface area (Å²) in [5.41, 5.74) is 0. The van der Waals surface area contributed by atoms with Crippen LogP contribution in [0.3, 0.4) is 0 Å². The molecule has 0 aromatic carbocycles. The fourth-order valence-electron chi connectivity index (χ4n) is 3.62. The molecule has 1 N–H and O–H groups in total. The Labute approximate surface area is 154 Å². The molecular weight excluding hydrogens is 369 g/mol. The Bertz CT molecular complexity index is 633. The van der Waals surface area contributed by atoms with Crippen molar-refractivity contribution in [2.45, 2.75) is 50.6 Å². The van der Waals surface area contributed by atoms with Gasteiger partial charge < -0.3 is 24.2 Å². The fraction of sp³-hybridized carbons (Fsp3) is 0.812. The lowest BCUT2D eigenvalue weighted by atomic mass is 9.97. The van der Waals surface area contributed by atoms with E-state index in [1.807, 2.05) is 0 Å².